The molecule has 0 aliphatic carbocycles. The Bertz CT molecular complexity index is 2380. The third-order valence-electron chi connectivity index (χ3n) is 12.1. The average molecular weight is 934 g/mol. The standard InChI is InChI=1S/C51H64N5O8PSi/c1-36(2)56(37(3)4)65(61-34-20-32-52)63-45-43(35-60-51(39-23-16-12-17-24-39,40-25-18-13-19-26-40)41-27-29-42(59-8)30-28-41)62-48(46(45)64-66(9,10)50(5,6)7)55-33-31-44(54-49(55)58)53-47(57)38-21-14-11-15-22-38/h11-19,21-31,33,36-37,43,45-46,48H,20,34-35H2,1-10H3,(H,53,54,57,58)/t43-,45+,46?,48-,65?/m1/s1. The van der Waals surface area contributed by atoms with Crippen LogP contribution in [0.25, 0.3) is 0 Å². The first-order valence-electron chi connectivity index (χ1n) is 22.4. The summed E-state index contributed by atoms with van der Waals surface area (Å²) < 4.78 is 44.9. The Morgan fingerprint density at radius 2 is 1.42 bits per heavy atom. The summed E-state index contributed by atoms with van der Waals surface area (Å²) in [7, 11) is -2.88. The fourth-order valence-electron chi connectivity index (χ4n) is 7.82. The molecule has 2 unspecified atom stereocenters. The van der Waals surface area contributed by atoms with Gasteiger partial charge in [-0.05, 0) is 92.8 Å². The SMILES string of the molecule is COc1ccc(C(OC[C@H]2O[C@@H](n3ccc(NC(=O)c4ccccc4)nc3=O)C(O[Si](C)(C)C(C)(C)C)[C@H]2OP(OCCC#N)N(C(C)C)C(C)C)(c2ccccc2)c2ccccc2)cc1. The summed E-state index contributed by atoms with van der Waals surface area (Å²) in [6, 6.07) is 40.4. The van der Waals surface area contributed by atoms with E-state index in [1.807, 2.05) is 91.0 Å². The van der Waals surface area contributed by atoms with E-state index in [2.05, 4.69) is 82.6 Å². The molecule has 5 aromatic rings. The predicted octanol–water partition coefficient (Wildman–Crippen LogP) is 10.5. The van der Waals surface area contributed by atoms with Crippen molar-refractivity contribution in [3.05, 3.63) is 160 Å². The van der Waals surface area contributed by atoms with E-state index in [1.54, 1.807) is 43.6 Å². The van der Waals surface area contributed by atoms with E-state index >= 15 is 0 Å². The number of nitrogens with zero attached hydrogens (tertiary/aromatic N) is 4. The summed E-state index contributed by atoms with van der Waals surface area (Å²) in [6.07, 6.45) is -1.92. The van der Waals surface area contributed by atoms with Gasteiger partial charge >= 0.3 is 5.69 Å². The zero-order valence-electron chi connectivity index (χ0n) is 39.7. The highest BCUT2D eigenvalue weighted by Crippen LogP contribution is 2.52. The van der Waals surface area contributed by atoms with Gasteiger partial charge in [-0.1, -0.05) is 112 Å². The summed E-state index contributed by atoms with van der Waals surface area (Å²) in [5, 5.41) is 12.1. The van der Waals surface area contributed by atoms with Crippen LogP contribution >= 0.6 is 8.53 Å². The molecular weight excluding hydrogens is 870 g/mol. The van der Waals surface area contributed by atoms with Gasteiger partial charge in [0.2, 0.25) is 0 Å². The number of hydrogen-bond acceptors (Lipinski definition) is 11. The van der Waals surface area contributed by atoms with Gasteiger partial charge in [-0.3, -0.25) is 9.36 Å². The van der Waals surface area contributed by atoms with Crippen molar-refractivity contribution in [2.45, 2.75) is 115 Å². The van der Waals surface area contributed by atoms with Crippen LogP contribution in [-0.4, -0.2) is 79.2 Å². The molecule has 5 atom stereocenters. The molecule has 1 aliphatic rings. The number of nitrogens with one attached hydrogen (secondary N) is 1. The van der Waals surface area contributed by atoms with Gasteiger partial charge in [0.1, 0.15) is 35.5 Å². The molecule has 4 aromatic carbocycles. The lowest BCUT2D eigenvalue weighted by Crippen LogP contribution is -2.50. The molecule has 6 rings (SSSR count). The minimum atomic E-state index is -2.68. The summed E-state index contributed by atoms with van der Waals surface area (Å²) in [5.41, 5.74) is 1.21. The second-order valence-corrected chi connectivity index (χ2v) is 24.5. The molecule has 1 fully saturated rings. The number of ether oxygens (including phenoxy) is 3. The van der Waals surface area contributed by atoms with Crippen LogP contribution in [0.5, 0.6) is 5.75 Å². The van der Waals surface area contributed by atoms with Crippen LogP contribution in [0.2, 0.25) is 18.1 Å². The van der Waals surface area contributed by atoms with Gasteiger partial charge in [0.05, 0.1) is 32.8 Å². The number of carbonyl (C=O) groups is 1. The van der Waals surface area contributed by atoms with Gasteiger partial charge in [-0.15, -0.1) is 0 Å². The van der Waals surface area contributed by atoms with Crippen molar-refractivity contribution in [2.75, 3.05) is 25.6 Å². The van der Waals surface area contributed by atoms with Crippen LogP contribution < -0.4 is 15.7 Å². The molecule has 66 heavy (non-hydrogen) atoms. The lowest BCUT2D eigenvalue weighted by Gasteiger charge is -2.42. The Labute approximate surface area is 392 Å². The Kier molecular flexibility index (Phi) is 16.9. The summed E-state index contributed by atoms with van der Waals surface area (Å²) >= 11 is 0. The number of hydrogen-bond donors (Lipinski definition) is 1. The molecular formula is C51H64N5O8PSi. The quantitative estimate of drug-likeness (QED) is 0.0344. The molecule has 0 radical (unpaired) electrons. The van der Waals surface area contributed by atoms with E-state index in [0.717, 1.165) is 16.7 Å². The summed E-state index contributed by atoms with van der Waals surface area (Å²) in [5.74, 6) is 0.389. The number of amides is 1. The molecule has 1 aromatic heterocycles. The zero-order valence-corrected chi connectivity index (χ0v) is 41.6. The van der Waals surface area contributed by atoms with Crippen LogP contribution in [-0.2, 0) is 28.5 Å². The third-order valence-corrected chi connectivity index (χ3v) is 18.7. The Hall–Kier alpha value is -5.07. The van der Waals surface area contributed by atoms with Crippen molar-refractivity contribution < 1.29 is 32.5 Å². The highest BCUT2D eigenvalue weighted by Gasteiger charge is 2.54. The first-order valence-corrected chi connectivity index (χ1v) is 26.5. The van der Waals surface area contributed by atoms with E-state index < -0.39 is 58.6 Å². The van der Waals surface area contributed by atoms with E-state index in [0.29, 0.717) is 11.3 Å². The monoisotopic (exact) mass is 933 g/mol. The predicted molar refractivity (Wildman–Crippen MR) is 261 cm³/mol. The number of carbonyl (C=O) groups excluding carboxylic acids is 1. The first kappa shape index (κ1) is 50.3. The van der Waals surface area contributed by atoms with E-state index in [1.165, 1.54) is 4.57 Å². The second-order valence-electron chi connectivity index (χ2n) is 18.3. The molecule has 350 valence electrons. The van der Waals surface area contributed by atoms with Gasteiger partial charge < -0.3 is 33.0 Å². The van der Waals surface area contributed by atoms with Crippen molar-refractivity contribution in [2.24, 2.45) is 0 Å². The normalized spacial score (nSPS) is 18.4. The van der Waals surface area contributed by atoms with Crippen molar-refractivity contribution in [1.82, 2.24) is 14.2 Å². The highest BCUT2D eigenvalue weighted by molar-refractivity contribution is 7.44. The molecule has 2 heterocycles. The highest BCUT2D eigenvalue weighted by atomic mass is 31.2. The van der Waals surface area contributed by atoms with Crippen LogP contribution in [0.1, 0.15) is 88.2 Å². The van der Waals surface area contributed by atoms with Gasteiger partial charge in [-0.25, -0.2) is 9.46 Å². The molecule has 1 N–H and O–H groups in total. The minimum Gasteiger partial charge on any atom is -0.497 e. The van der Waals surface area contributed by atoms with Gasteiger partial charge in [0.15, 0.2) is 14.5 Å². The maximum Gasteiger partial charge on any atom is 0.351 e. The molecule has 1 amide bonds. The maximum atomic E-state index is 14.3. The largest absolute Gasteiger partial charge is 0.497 e. The number of anilines is 1. The number of rotatable bonds is 20. The lowest BCUT2D eigenvalue weighted by atomic mass is 9.80. The first-order chi connectivity index (χ1) is 31.5. The van der Waals surface area contributed by atoms with Crippen LogP contribution in [0, 0.1) is 11.3 Å². The second kappa shape index (κ2) is 22.1. The topological polar surface area (TPSA) is 146 Å². The Morgan fingerprint density at radius 3 is 1.94 bits per heavy atom. The number of nitriles is 1. The van der Waals surface area contributed by atoms with Crippen molar-refractivity contribution in [3.63, 3.8) is 0 Å². The lowest BCUT2D eigenvalue weighted by molar-refractivity contribution is -0.0943. The van der Waals surface area contributed by atoms with E-state index in [-0.39, 0.29) is 42.6 Å². The number of aromatic nitrogens is 2. The Morgan fingerprint density at radius 1 is 0.864 bits per heavy atom. The Balaban J connectivity index is 1.51. The van der Waals surface area contributed by atoms with E-state index in [4.69, 9.17) is 27.7 Å². The molecule has 1 saturated heterocycles. The third kappa shape index (κ3) is 11.5. The number of methoxy groups -OCH3 is 1. The molecule has 0 saturated carbocycles. The van der Waals surface area contributed by atoms with Crippen LogP contribution in [0.3, 0.4) is 0 Å². The minimum absolute atomic E-state index is 0.00452. The number of benzene rings is 4. The smallest absolute Gasteiger partial charge is 0.351 e. The molecule has 15 heteroatoms. The van der Waals surface area contributed by atoms with Crippen molar-refractivity contribution in [3.8, 4) is 11.8 Å². The average Bonchev–Trinajstić information content (AvgIpc) is 3.61. The molecule has 0 spiro atoms. The van der Waals surface area contributed by atoms with Gasteiger partial charge in [-0.2, -0.15) is 10.2 Å². The fraction of sp³-hybridized carbons (Fsp3) is 0.412. The van der Waals surface area contributed by atoms with E-state index in [9.17, 15) is 14.9 Å². The maximum absolute atomic E-state index is 14.3. The van der Waals surface area contributed by atoms with Crippen LogP contribution in [0.15, 0.2) is 132 Å². The van der Waals surface area contributed by atoms with Crippen molar-refractivity contribution in [1.29, 1.82) is 5.26 Å². The van der Waals surface area contributed by atoms with Crippen molar-refractivity contribution >= 4 is 28.6 Å². The fourth-order valence-corrected chi connectivity index (χ4v) is 10.9. The molecule has 13 nitrogen and oxygen atoms in total. The molecule has 0 bridgehead atoms. The van der Waals surface area contributed by atoms with Crippen LogP contribution in [0.4, 0.5) is 5.82 Å². The summed E-state index contributed by atoms with van der Waals surface area (Å²) in [4.78, 5) is 31.8. The summed E-state index contributed by atoms with van der Waals surface area (Å²) in [6.45, 7) is 19.2. The zero-order chi connectivity index (χ0) is 47.6. The van der Waals surface area contributed by atoms with Gasteiger partial charge in [0, 0.05) is 23.8 Å². The molecule has 1 aliphatic heterocycles. The van der Waals surface area contributed by atoms with Gasteiger partial charge in [0.25, 0.3) is 14.4 Å².